The minimum atomic E-state index is -4.57. The van der Waals surface area contributed by atoms with E-state index >= 15 is 0 Å². The number of imidazole rings is 1. The maximum absolute atomic E-state index is 14.3. The van der Waals surface area contributed by atoms with Crippen LogP contribution < -0.4 is 5.69 Å². The maximum Gasteiger partial charge on any atom is 0.418 e. The molecule has 4 aliphatic rings. The highest BCUT2D eigenvalue weighted by Gasteiger charge is 2.63. The quantitative estimate of drug-likeness (QED) is 0.334. The molecule has 4 heterocycles. The average Bonchev–Trinajstić information content (AvgIpc) is 3.73. The van der Waals surface area contributed by atoms with Crippen LogP contribution in [-0.4, -0.2) is 37.2 Å². The maximum atomic E-state index is 14.3. The molecule has 9 heteroatoms. The van der Waals surface area contributed by atoms with Crippen LogP contribution in [0.15, 0.2) is 53.7 Å². The van der Waals surface area contributed by atoms with Crippen LogP contribution in [0.2, 0.25) is 0 Å². The number of pyridine rings is 1. The molecule has 0 unspecified atom stereocenters. The molecule has 4 aromatic rings. The van der Waals surface area contributed by atoms with Gasteiger partial charge in [0.15, 0.2) is 0 Å². The lowest BCUT2D eigenvalue weighted by atomic mass is 9.54. The molecular formula is C31H32F3N5O. The number of fused-ring (bicyclic) bond motifs is 1. The number of nitrogens with zero attached hydrogens (tertiary/aromatic N) is 4. The van der Waals surface area contributed by atoms with Crippen LogP contribution in [0.1, 0.15) is 72.9 Å². The lowest BCUT2D eigenvalue weighted by Gasteiger charge is -2.49. The Morgan fingerprint density at radius 3 is 2.45 bits per heavy atom. The van der Waals surface area contributed by atoms with E-state index < -0.39 is 17.4 Å². The molecule has 4 fully saturated rings. The Labute approximate surface area is 229 Å². The third-order valence-corrected chi connectivity index (χ3v) is 10.3. The van der Waals surface area contributed by atoms with Crippen LogP contribution in [0.4, 0.5) is 13.2 Å². The largest absolute Gasteiger partial charge is 0.418 e. The lowest BCUT2D eigenvalue weighted by Crippen LogP contribution is -2.44. The van der Waals surface area contributed by atoms with Crippen molar-refractivity contribution in [1.29, 1.82) is 0 Å². The SMILES string of the molecule is Cc1cn[nH]c1C1(c2cccc(-n3cc4c(C(F)(F)F)cc(CN5CCC6(CC6)C5)cn4c3=O)c2)CC2(CC2)C1. The Morgan fingerprint density at radius 2 is 1.80 bits per heavy atom. The fraction of sp³-hybridized carbons (Fsp3) is 0.484. The van der Waals surface area contributed by atoms with E-state index in [1.165, 1.54) is 46.9 Å². The average molecular weight is 548 g/mol. The lowest BCUT2D eigenvalue weighted by molar-refractivity contribution is -0.136. The second kappa shape index (κ2) is 7.90. The number of aromatic nitrogens is 4. The number of H-pyrrole nitrogens is 1. The van der Waals surface area contributed by atoms with Crippen molar-refractivity contribution in [3.8, 4) is 5.69 Å². The van der Waals surface area contributed by atoms with Crippen molar-refractivity contribution in [1.82, 2.24) is 24.1 Å². The number of aryl methyl sites for hydroxylation is 1. The van der Waals surface area contributed by atoms with E-state index in [9.17, 15) is 18.0 Å². The first kappa shape index (κ1) is 24.5. The smallest absolute Gasteiger partial charge is 0.298 e. The van der Waals surface area contributed by atoms with Gasteiger partial charge in [-0.15, -0.1) is 0 Å². The zero-order valence-corrected chi connectivity index (χ0v) is 22.5. The summed E-state index contributed by atoms with van der Waals surface area (Å²) in [5, 5.41) is 7.50. The number of hydrogen-bond donors (Lipinski definition) is 1. The number of likely N-dealkylation sites (tertiary alicyclic amines) is 1. The van der Waals surface area contributed by atoms with Crippen molar-refractivity contribution in [2.24, 2.45) is 10.8 Å². The summed E-state index contributed by atoms with van der Waals surface area (Å²) in [5.41, 5.74) is 3.52. The fourth-order valence-corrected chi connectivity index (χ4v) is 7.82. The van der Waals surface area contributed by atoms with Crippen molar-refractivity contribution in [3.63, 3.8) is 0 Å². The number of rotatable bonds is 5. The molecule has 3 aliphatic carbocycles. The second-order valence-electron chi connectivity index (χ2n) is 13.2. The summed E-state index contributed by atoms with van der Waals surface area (Å²) in [6, 6.07) is 8.98. The molecule has 1 saturated heterocycles. The van der Waals surface area contributed by atoms with Gasteiger partial charge in [0.05, 0.1) is 23.0 Å². The van der Waals surface area contributed by atoms with Crippen molar-refractivity contribution < 1.29 is 13.2 Å². The first-order chi connectivity index (χ1) is 19.1. The molecule has 0 amide bonds. The van der Waals surface area contributed by atoms with E-state index in [-0.39, 0.29) is 10.9 Å². The van der Waals surface area contributed by atoms with Crippen LogP contribution in [0, 0.1) is 17.8 Å². The van der Waals surface area contributed by atoms with Crippen molar-refractivity contribution in [3.05, 3.63) is 87.4 Å². The molecule has 0 atom stereocenters. The van der Waals surface area contributed by atoms with Gasteiger partial charge < -0.3 is 0 Å². The summed E-state index contributed by atoms with van der Waals surface area (Å²) in [6.07, 6.45) is 8.22. The molecule has 3 aromatic heterocycles. The molecule has 0 bridgehead atoms. The van der Waals surface area contributed by atoms with Crippen LogP contribution in [0.3, 0.4) is 0 Å². The highest BCUT2D eigenvalue weighted by Crippen LogP contribution is 2.70. The van der Waals surface area contributed by atoms with Gasteiger partial charge in [-0.25, -0.2) is 4.79 Å². The summed E-state index contributed by atoms with van der Waals surface area (Å²) in [4.78, 5) is 15.9. The predicted octanol–water partition coefficient (Wildman–Crippen LogP) is 5.99. The van der Waals surface area contributed by atoms with Gasteiger partial charge in [0.1, 0.15) is 0 Å². The van der Waals surface area contributed by atoms with E-state index in [4.69, 9.17) is 0 Å². The summed E-state index contributed by atoms with van der Waals surface area (Å²) in [6.45, 7) is 4.28. The second-order valence-corrected chi connectivity index (χ2v) is 13.2. The highest BCUT2D eigenvalue weighted by atomic mass is 19.4. The first-order valence-corrected chi connectivity index (χ1v) is 14.3. The van der Waals surface area contributed by atoms with Gasteiger partial charge in [-0.05, 0) is 104 Å². The van der Waals surface area contributed by atoms with Gasteiger partial charge in [-0.2, -0.15) is 18.3 Å². The third-order valence-electron chi connectivity index (χ3n) is 10.3. The molecular weight excluding hydrogens is 515 g/mol. The van der Waals surface area contributed by atoms with E-state index in [0.29, 0.717) is 28.6 Å². The minimum absolute atomic E-state index is 0.119. The third kappa shape index (κ3) is 3.66. The Bertz CT molecular complexity index is 1710. The molecule has 1 N–H and O–H groups in total. The highest BCUT2D eigenvalue weighted by molar-refractivity contribution is 5.58. The standard InChI is InChI=1S/C31H32F3N5O/c1-20-13-35-36-26(20)30(17-29(18-30)7-8-29)22-3-2-4-23(12-22)38-16-25-24(31(32,33)34)11-21(15-39(25)27(38)40)14-37-10-9-28(19-37)5-6-28/h2-4,11-13,15-16H,5-10,14,17-19H2,1H3,(H,35,36). The Morgan fingerprint density at radius 1 is 1.02 bits per heavy atom. The van der Waals surface area contributed by atoms with Crippen molar-refractivity contribution >= 4 is 5.52 Å². The molecule has 8 rings (SSSR count). The van der Waals surface area contributed by atoms with Crippen LogP contribution >= 0.6 is 0 Å². The number of hydrogen-bond acceptors (Lipinski definition) is 3. The zero-order chi connectivity index (χ0) is 27.5. The van der Waals surface area contributed by atoms with Gasteiger partial charge in [-0.1, -0.05) is 12.1 Å². The van der Waals surface area contributed by atoms with E-state index in [1.807, 2.05) is 18.3 Å². The molecule has 0 radical (unpaired) electrons. The Kier molecular flexibility index (Phi) is 4.83. The summed E-state index contributed by atoms with van der Waals surface area (Å²) in [5.74, 6) is 0. The van der Waals surface area contributed by atoms with Gasteiger partial charge in [-0.3, -0.25) is 19.0 Å². The predicted molar refractivity (Wildman–Crippen MR) is 145 cm³/mol. The van der Waals surface area contributed by atoms with Crippen LogP contribution in [-0.2, 0) is 18.1 Å². The molecule has 6 nitrogen and oxygen atoms in total. The number of nitrogens with one attached hydrogen (secondary N) is 1. The monoisotopic (exact) mass is 547 g/mol. The normalized spacial score (nSPS) is 22.3. The molecule has 208 valence electrons. The van der Waals surface area contributed by atoms with E-state index in [1.54, 1.807) is 12.3 Å². The molecule has 1 aliphatic heterocycles. The molecule has 40 heavy (non-hydrogen) atoms. The van der Waals surface area contributed by atoms with Gasteiger partial charge in [0.2, 0.25) is 0 Å². The fourth-order valence-electron chi connectivity index (χ4n) is 7.82. The van der Waals surface area contributed by atoms with Crippen LogP contribution in [0.5, 0.6) is 0 Å². The van der Waals surface area contributed by atoms with Gasteiger partial charge in [0.25, 0.3) is 0 Å². The number of aromatic amines is 1. The topological polar surface area (TPSA) is 58.3 Å². The zero-order valence-electron chi connectivity index (χ0n) is 22.5. The van der Waals surface area contributed by atoms with E-state index in [0.717, 1.165) is 49.2 Å². The Balaban J connectivity index is 1.21. The molecule has 2 spiro atoms. The Hall–Kier alpha value is -3.33. The van der Waals surface area contributed by atoms with Crippen molar-refractivity contribution in [2.75, 3.05) is 13.1 Å². The number of halogens is 3. The first-order valence-electron chi connectivity index (χ1n) is 14.3. The summed E-state index contributed by atoms with van der Waals surface area (Å²) >= 11 is 0. The van der Waals surface area contributed by atoms with Gasteiger partial charge in [0, 0.05) is 36.6 Å². The summed E-state index contributed by atoms with van der Waals surface area (Å²) < 4.78 is 45.4. The van der Waals surface area contributed by atoms with E-state index in [2.05, 4.69) is 28.1 Å². The molecule has 1 aromatic carbocycles. The van der Waals surface area contributed by atoms with Gasteiger partial charge >= 0.3 is 11.9 Å². The van der Waals surface area contributed by atoms with Crippen molar-refractivity contribution in [2.45, 2.75) is 70.0 Å². The summed E-state index contributed by atoms with van der Waals surface area (Å²) in [7, 11) is 0. The minimum Gasteiger partial charge on any atom is -0.298 e. The van der Waals surface area contributed by atoms with Crippen LogP contribution in [0.25, 0.3) is 11.2 Å². The number of benzene rings is 1. The molecule has 3 saturated carbocycles. The number of alkyl halides is 3.